The van der Waals surface area contributed by atoms with Gasteiger partial charge in [0.25, 0.3) is 5.91 Å². The van der Waals surface area contributed by atoms with Gasteiger partial charge >= 0.3 is 6.09 Å². The van der Waals surface area contributed by atoms with Crippen molar-refractivity contribution < 1.29 is 14.3 Å². The molecule has 0 bridgehead atoms. The van der Waals surface area contributed by atoms with E-state index in [4.69, 9.17) is 4.74 Å². The van der Waals surface area contributed by atoms with Crippen LogP contribution in [0.4, 0.5) is 16.2 Å². The van der Waals surface area contributed by atoms with Crippen molar-refractivity contribution in [2.75, 3.05) is 17.2 Å². The molecule has 0 spiro atoms. The van der Waals surface area contributed by atoms with Crippen LogP contribution in [0, 0.1) is 13.8 Å². The maximum Gasteiger partial charge on any atom is 0.411 e. The van der Waals surface area contributed by atoms with Crippen molar-refractivity contribution in [3.8, 4) is 5.82 Å². The molecule has 0 fully saturated rings. The van der Waals surface area contributed by atoms with Gasteiger partial charge in [-0.25, -0.2) is 14.5 Å². The number of rotatable bonds is 5. The summed E-state index contributed by atoms with van der Waals surface area (Å²) in [5, 5.41) is 9.76. The predicted octanol–water partition coefficient (Wildman–Crippen LogP) is 3.70. The molecular formula is C20H21N5O3. The highest BCUT2D eigenvalue weighted by molar-refractivity contribution is 6.04. The molecule has 8 heteroatoms. The zero-order chi connectivity index (χ0) is 20.1. The van der Waals surface area contributed by atoms with Crippen LogP contribution in [-0.4, -0.2) is 33.4 Å². The molecule has 2 amide bonds. The van der Waals surface area contributed by atoms with Gasteiger partial charge in [-0.15, -0.1) is 0 Å². The Balaban J connectivity index is 1.64. The molecule has 0 aliphatic heterocycles. The number of nitrogens with zero attached hydrogens (tertiary/aromatic N) is 3. The average Bonchev–Trinajstić information content (AvgIpc) is 3.01. The third kappa shape index (κ3) is 4.53. The minimum Gasteiger partial charge on any atom is -0.450 e. The number of anilines is 2. The van der Waals surface area contributed by atoms with Gasteiger partial charge in [0.15, 0.2) is 5.82 Å². The number of hydrogen-bond donors (Lipinski definition) is 2. The molecule has 0 atom stereocenters. The van der Waals surface area contributed by atoms with Crippen LogP contribution in [0.3, 0.4) is 0 Å². The van der Waals surface area contributed by atoms with Gasteiger partial charge in [0.2, 0.25) is 0 Å². The van der Waals surface area contributed by atoms with Crippen molar-refractivity contribution in [1.29, 1.82) is 0 Å². The van der Waals surface area contributed by atoms with E-state index in [1.807, 2.05) is 19.9 Å². The number of ether oxygens (including phenoxy) is 1. The van der Waals surface area contributed by atoms with Crippen molar-refractivity contribution in [1.82, 2.24) is 14.8 Å². The van der Waals surface area contributed by atoms with E-state index in [1.165, 1.54) is 0 Å². The minimum absolute atomic E-state index is 0.275. The van der Waals surface area contributed by atoms with E-state index < -0.39 is 6.09 Å². The molecule has 0 saturated carbocycles. The lowest BCUT2D eigenvalue weighted by molar-refractivity contribution is 0.102. The summed E-state index contributed by atoms with van der Waals surface area (Å²) in [7, 11) is 0. The maximum absolute atomic E-state index is 12.4. The lowest BCUT2D eigenvalue weighted by Gasteiger charge is -2.08. The molecule has 1 aromatic carbocycles. The Morgan fingerprint density at radius 2 is 1.75 bits per heavy atom. The number of aromatic nitrogens is 3. The van der Waals surface area contributed by atoms with Crippen LogP contribution in [0.2, 0.25) is 0 Å². The molecule has 144 valence electrons. The number of amides is 2. The summed E-state index contributed by atoms with van der Waals surface area (Å²) in [6.45, 7) is 5.90. The first-order valence-electron chi connectivity index (χ1n) is 8.81. The third-order valence-electron chi connectivity index (χ3n) is 3.90. The van der Waals surface area contributed by atoms with Gasteiger partial charge < -0.3 is 10.1 Å². The average molecular weight is 379 g/mol. The number of hydrogen-bond acceptors (Lipinski definition) is 5. The van der Waals surface area contributed by atoms with Gasteiger partial charge in [0, 0.05) is 16.9 Å². The molecule has 8 nitrogen and oxygen atoms in total. The highest BCUT2D eigenvalue weighted by Crippen LogP contribution is 2.15. The quantitative estimate of drug-likeness (QED) is 0.704. The first kappa shape index (κ1) is 19.1. The van der Waals surface area contributed by atoms with Crippen LogP contribution in [0.15, 0.2) is 48.7 Å². The topological polar surface area (TPSA) is 98.1 Å². The zero-order valence-corrected chi connectivity index (χ0v) is 15.9. The van der Waals surface area contributed by atoms with E-state index in [9.17, 15) is 9.59 Å². The van der Waals surface area contributed by atoms with Gasteiger partial charge in [-0.1, -0.05) is 0 Å². The molecule has 2 N–H and O–H groups in total. The van der Waals surface area contributed by atoms with Crippen molar-refractivity contribution >= 4 is 23.4 Å². The van der Waals surface area contributed by atoms with Gasteiger partial charge in [-0.3, -0.25) is 10.1 Å². The first-order chi connectivity index (χ1) is 13.5. The second-order valence-corrected chi connectivity index (χ2v) is 6.12. The second kappa shape index (κ2) is 8.34. The number of aryl methyl sites for hydroxylation is 2. The van der Waals surface area contributed by atoms with E-state index in [0.717, 1.165) is 11.4 Å². The Bertz CT molecular complexity index is 978. The zero-order valence-electron chi connectivity index (χ0n) is 15.9. The molecule has 2 heterocycles. The number of nitrogens with one attached hydrogen (secondary N) is 2. The summed E-state index contributed by atoms with van der Waals surface area (Å²) in [6, 6.07) is 12.0. The van der Waals surface area contributed by atoms with Crippen LogP contribution in [0.1, 0.15) is 28.7 Å². The Morgan fingerprint density at radius 1 is 1.04 bits per heavy atom. The molecule has 0 radical (unpaired) electrons. The molecule has 0 aliphatic rings. The van der Waals surface area contributed by atoms with Crippen LogP contribution in [-0.2, 0) is 4.74 Å². The smallest absolute Gasteiger partial charge is 0.411 e. The number of benzene rings is 1. The first-order valence-corrected chi connectivity index (χ1v) is 8.81. The second-order valence-electron chi connectivity index (χ2n) is 6.12. The van der Waals surface area contributed by atoms with Gasteiger partial charge in [0.1, 0.15) is 0 Å². The molecule has 0 aliphatic carbocycles. The van der Waals surface area contributed by atoms with Crippen molar-refractivity contribution in [2.45, 2.75) is 20.8 Å². The van der Waals surface area contributed by atoms with Crippen LogP contribution < -0.4 is 10.6 Å². The Hall–Kier alpha value is -3.68. The van der Waals surface area contributed by atoms with Gasteiger partial charge in [-0.2, -0.15) is 5.10 Å². The molecule has 0 saturated heterocycles. The standard InChI is InChI=1S/C20H21N5O3/c1-4-28-20(27)23-16-7-5-15(6-8-16)19(26)22-17-9-10-18(21-12-17)25-14(3)11-13(2)24-25/h5-12H,4H2,1-3H3,(H,22,26)(H,23,27). The normalized spacial score (nSPS) is 10.4. The van der Waals surface area contributed by atoms with Crippen LogP contribution in [0.5, 0.6) is 0 Å². The van der Waals surface area contributed by atoms with E-state index in [0.29, 0.717) is 29.4 Å². The van der Waals surface area contributed by atoms with Gasteiger partial charge in [-0.05, 0) is 63.2 Å². The fraction of sp³-hybridized carbons (Fsp3) is 0.200. The summed E-state index contributed by atoms with van der Waals surface area (Å²) in [4.78, 5) is 28.2. The van der Waals surface area contributed by atoms with Crippen LogP contribution in [0.25, 0.3) is 5.82 Å². The molecule has 0 unspecified atom stereocenters. The van der Waals surface area contributed by atoms with Gasteiger partial charge in [0.05, 0.1) is 24.2 Å². The molecule has 3 aromatic rings. The largest absolute Gasteiger partial charge is 0.450 e. The lowest BCUT2D eigenvalue weighted by atomic mass is 10.2. The van der Waals surface area contributed by atoms with E-state index in [-0.39, 0.29) is 5.91 Å². The summed E-state index contributed by atoms with van der Waals surface area (Å²) in [5.41, 5.74) is 3.47. The van der Waals surface area contributed by atoms with E-state index >= 15 is 0 Å². The monoisotopic (exact) mass is 379 g/mol. The summed E-state index contributed by atoms with van der Waals surface area (Å²) < 4.78 is 6.56. The minimum atomic E-state index is -0.534. The molecular weight excluding hydrogens is 358 g/mol. The molecule has 28 heavy (non-hydrogen) atoms. The highest BCUT2D eigenvalue weighted by Gasteiger charge is 2.09. The number of pyridine rings is 1. The third-order valence-corrected chi connectivity index (χ3v) is 3.90. The Kier molecular flexibility index (Phi) is 5.69. The lowest BCUT2D eigenvalue weighted by Crippen LogP contribution is -2.14. The summed E-state index contributed by atoms with van der Waals surface area (Å²) >= 11 is 0. The predicted molar refractivity (Wildman–Crippen MR) is 106 cm³/mol. The van der Waals surface area contributed by atoms with E-state index in [2.05, 4.69) is 20.7 Å². The maximum atomic E-state index is 12.4. The number of carbonyl (C=O) groups is 2. The van der Waals surface area contributed by atoms with E-state index in [1.54, 1.807) is 54.2 Å². The Morgan fingerprint density at radius 3 is 2.32 bits per heavy atom. The summed E-state index contributed by atoms with van der Waals surface area (Å²) in [5.74, 6) is 0.404. The fourth-order valence-corrected chi connectivity index (χ4v) is 2.64. The SMILES string of the molecule is CCOC(=O)Nc1ccc(C(=O)Nc2ccc(-n3nc(C)cc3C)nc2)cc1. The van der Waals surface area contributed by atoms with Crippen molar-refractivity contribution in [3.05, 3.63) is 65.6 Å². The van der Waals surface area contributed by atoms with Crippen molar-refractivity contribution in [2.24, 2.45) is 0 Å². The fourth-order valence-electron chi connectivity index (χ4n) is 2.64. The highest BCUT2D eigenvalue weighted by atomic mass is 16.5. The Labute approximate surface area is 162 Å². The number of carbonyl (C=O) groups excluding carboxylic acids is 2. The molecule has 3 rings (SSSR count). The molecule has 2 aromatic heterocycles. The van der Waals surface area contributed by atoms with Crippen LogP contribution >= 0.6 is 0 Å². The summed E-state index contributed by atoms with van der Waals surface area (Å²) in [6.07, 6.45) is 1.05. The van der Waals surface area contributed by atoms with Crippen molar-refractivity contribution in [3.63, 3.8) is 0 Å².